The molecule has 0 saturated heterocycles. The molecular formula is C24H18FNO3. The van der Waals surface area contributed by atoms with E-state index in [-0.39, 0.29) is 16.9 Å². The molecule has 0 aliphatic heterocycles. The largest absolute Gasteiger partial charge is 0.493 e. The summed E-state index contributed by atoms with van der Waals surface area (Å²) in [5.74, 6) is -0.390. The molecule has 0 fully saturated rings. The number of nitriles is 1. The molecule has 0 aliphatic rings. The molecule has 0 amide bonds. The second-order valence-corrected chi connectivity index (χ2v) is 6.26. The number of hydrogen-bond donors (Lipinski definition) is 0. The minimum absolute atomic E-state index is 0.176. The number of methoxy groups -OCH3 is 1. The SMILES string of the molecule is COc1cc(/C=C(/C#N)c2ccccc2F)ccc1OC(=O)c1ccccc1C. The Balaban J connectivity index is 1.91. The molecule has 0 aromatic heterocycles. The summed E-state index contributed by atoms with van der Waals surface area (Å²) in [5.41, 5.74) is 2.26. The molecule has 0 aliphatic carbocycles. The average Bonchev–Trinajstić information content (AvgIpc) is 2.73. The molecule has 0 spiro atoms. The topological polar surface area (TPSA) is 59.3 Å². The molecular weight excluding hydrogens is 369 g/mol. The van der Waals surface area contributed by atoms with Crippen LogP contribution in [0.2, 0.25) is 0 Å². The van der Waals surface area contributed by atoms with Gasteiger partial charge in [-0.25, -0.2) is 9.18 Å². The zero-order valence-electron chi connectivity index (χ0n) is 16.0. The van der Waals surface area contributed by atoms with E-state index in [4.69, 9.17) is 9.47 Å². The lowest BCUT2D eigenvalue weighted by atomic mass is 10.0. The fourth-order valence-corrected chi connectivity index (χ4v) is 2.83. The molecule has 0 bridgehead atoms. The van der Waals surface area contributed by atoms with Crippen LogP contribution in [0, 0.1) is 24.1 Å². The van der Waals surface area contributed by atoms with Crippen LogP contribution in [-0.2, 0) is 0 Å². The summed E-state index contributed by atoms with van der Waals surface area (Å²) < 4.78 is 24.8. The second-order valence-electron chi connectivity index (χ2n) is 6.26. The van der Waals surface area contributed by atoms with Crippen molar-refractivity contribution in [1.82, 2.24) is 0 Å². The first-order valence-corrected chi connectivity index (χ1v) is 8.86. The van der Waals surface area contributed by atoms with E-state index in [2.05, 4.69) is 0 Å². The van der Waals surface area contributed by atoms with E-state index in [9.17, 15) is 14.4 Å². The quantitative estimate of drug-likeness (QED) is 0.254. The molecule has 5 heteroatoms. The fourth-order valence-electron chi connectivity index (χ4n) is 2.83. The van der Waals surface area contributed by atoms with E-state index in [1.165, 1.54) is 13.2 Å². The molecule has 4 nitrogen and oxygen atoms in total. The van der Waals surface area contributed by atoms with Crippen molar-refractivity contribution >= 4 is 17.6 Å². The van der Waals surface area contributed by atoms with Crippen LogP contribution in [0.4, 0.5) is 4.39 Å². The van der Waals surface area contributed by atoms with Gasteiger partial charge in [0.2, 0.25) is 0 Å². The third kappa shape index (κ3) is 4.50. The molecule has 3 aromatic carbocycles. The fraction of sp³-hybridized carbons (Fsp3) is 0.0833. The summed E-state index contributed by atoms with van der Waals surface area (Å²) in [4.78, 5) is 12.5. The van der Waals surface area contributed by atoms with Crippen LogP contribution in [-0.4, -0.2) is 13.1 Å². The summed E-state index contributed by atoms with van der Waals surface area (Å²) in [6.45, 7) is 1.83. The summed E-state index contributed by atoms with van der Waals surface area (Å²) in [5, 5.41) is 9.43. The molecule has 0 N–H and O–H groups in total. The van der Waals surface area contributed by atoms with Gasteiger partial charge in [0.25, 0.3) is 0 Å². The number of carbonyl (C=O) groups excluding carboxylic acids is 1. The molecule has 0 atom stereocenters. The zero-order valence-corrected chi connectivity index (χ0v) is 16.0. The lowest BCUT2D eigenvalue weighted by Gasteiger charge is -2.11. The maximum absolute atomic E-state index is 14.0. The first kappa shape index (κ1) is 19.8. The number of esters is 1. The Morgan fingerprint density at radius 3 is 2.34 bits per heavy atom. The van der Waals surface area contributed by atoms with Crippen molar-refractivity contribution in [3.63, 3.8) is 0 Å². The predicted molar refractivity (Wildman–Crippen MR) is 109 cm³/mol. The van der Waals surface area contributed by atoms with Gasteiger partial charge in [0.1, 0.15) is 5.82 Å². The predicted octanol–water partition coefficient (Wildman–Crippen LogP) is 5.43. The first-order chi connectivity index (χ1) is 14.0. The summed E-state index contributed by atoms with van der Waals surface area (Å²) in [6, 6.07) is 20.1. The number of hydrogen-bond acceptors (Lipinski definition) is 4. The van der Waals surface area contributed by atoms with E-state index >= 15 is 0 Å². The van der Waals surface area contributed by atoms with Crippen LogP contribution in [0.5, 0.6) is 11.5 Å². The Hall–Kier alpha value is -3.91. The molecule has 3 aromatic rings. The number of ether oxygens (including phenoxy) is 2. The third-order valence-electron chi connectivity index (χ3n) is 4.35. The Bertz CT molecular complexity index is 1130. The number of allylic oxidation sites excluding steroid dienone is 1. The average molecular weight is 387 g/mol. The van der Waals surface area contributed by atoms with Crippen LogP contribution in [0.1, 0.15) is 27.0 Å². The summed E-state index contributed by atoms with van der Waals surface area (Å²) >= 11 is 0. The van der Waals surface area contributed by atoms with Crippen molar-refractivity contribution in [2.24, 2.45) is 0 Å². The van der Waals surface area contributed by atoms with Crippen molar-refractivity contribution in [3.8, 4) is 17.6 Å². The van der Waals surface area contributed by atoms with Crippen molar-refractivity contribution in [1.29, 1.82) is 5.26 Å². The third-order valence-corrected chi connectivity index (χ3v) is 4.35. The molecule has 3 rings (SSSR count). The van der Waals surface area contributed by atoms with E-state index < -0.39 is 11.8 Å². The highest BCUT2D eigenvalue weighted by Crippen LogP contribution is 2.31. The molecule has 0 heterocycles. The number of benzene rings is 3. The standard InChI is InChI=1S/C24H18FNO3/c1-16-7-3-4-8-19(16)24(27)29-22-12-11-17(14-23(22)28-2)13-18(15-26)20-9-5-6-10-21(20)25/h3-14H,1-2H3/b18-13-. The minimum atomic E-state index is -0.492. The van der Waals surface area contributed by atoms with Crippen molar-refractivity contribution in [3.05, 3.63) is 94.8 Å². The van der Waals surface area contributed by atoms with Crippen LogP contribution >= 0.6 is 0 Å². The van der Waals surface area contributed by atoms with Crippen molar-refractivity contribution in [2.75, 3.05) is 7.11 Å². The van der Waals surface area contributed by atoms with Crippen LogP contribution in [0.15, 0.2) is 66.7 Å². The lowest BCUT2D eigenvalue weighted by molar-refractivity contribution is 0.0729. The molecule has 0 unspecified atom stereocenters. The van der Waals surface area contributed by atoms with Gasteiger partial charge in [-0.1, -0.05) is 42.5 Å². The lowest BCUT2D eigenvalue weighted by Crippen LogP contribution is -2.10. The van der Waals surface area contributed by atoms with E-state index in [1.54, 1.807) is 54.6 Å². The molecule has 0 radical (unpaired) electrons. The van der Waals surface area contributed by atoms with Gasteiger partial charge in [0.05, 0.1) is 24.3 Å². The van der Waals surface area contributed by atoms with Gasteiger partial charge in [-0.2, -0.15) is 5.26 Å². The highest BCUT2D eigenvalue weighted by atomic mass is 19.1. The Morgan fingerprint density at radius 1 is 1.00 bits per heavy atom. The summed E-state index contributed by atoms with van der Waals surface area (Å²) in [7, 11) is 1.45. The zero-order chi connectivity index (χ0) is 20.8. The monoisotopic (exact) mass is 387 g/mol. The highest BCUT2D eigenvalue weighted by molar-refractivity contribution is 5.93. The van der Waals surface area contributed by atoms with Gasteiger partial charge in [-0.3, -0.25) is 0 Å². The number of nitrogens with zero attached hydrogens (tertiary/aromatic N) is 1. The number of aryl methyl sites for hydroxylation is 1. The Morgan fingerprint density at radius 2 is 1.69 bits per heavy atom. The van der Waals surface area contributed by atoms with Gasteiger partial charge < -0.3 is 9.47 Å². The van der Waals surface area contributed by atoms with Gasteiger partial charge in [-0.15, -0.1) is 0 Å². The number of carbonyl (C=O) groups is 1. The molecule has 144 valence electrons. The maximum atomic E-state index is 14.0. The highest BCUT2D eigenvalue weighted by Gasteiger charge is 2.15. The summed E-state index contributed by atoms with van der Waals surface area (Å²) in [6.07, 6.45) is 1.55. The van der Waals surface area contributed by atoms with Crippen molar-refractivity contribution < 1.29 is 18.7 Å². The van der Waals surface area contributed by atoms with E-state index in [0.29, 0.717) is 16.9 Å². The van der Waals surface area contributed by atoms with Crippen molar-refractivity contribution in [2.45, 2.75) is 6.92 Å². The van der Waals surface area contributed by atoms with Gasteiger partial charge >= 0.3 is 5.97 Å². The second kappa shape index (κ2) is 8.85. The van der Waals surface area contributed by atoms with Crippen LogP contribution < -0.4 is 9.47 Å². The minimum Gasteiger partial charge on any atom is -0.493 e. The first-order valence-electron chi connectivity index (χ1n) is 8.86. The van der Waals surface area contributed by atoms with E-state index in [0.717, 1.165) is 5.56 Å². The number of rotatable bonds is 5. The van der Waals surface area contributed by atoms with Crippen LogP contribution in [0.3, 0.4) is 0 Å². The molecule has 29 heavy (non-hydrogen) atoms. The Kier molecular flexibility index (Phi) is 6.06. The van der Waals surface area contributed by atoms with Gasteiger partial charge in [0.15, 0.2) is 11.5 Å². The normalized spacial score (nSPS) is 10.9. The molecule has 0 saturated carbocycles. The maximum Gasteiger partial charge on any atom is 0.343 e. The number of halogens is 1. The Labute approximate surface area is 168 Å². The van der Waals surface area contributed by atoms with Gasteiger partial charge in [0, 0.05) is 5.56 Å². The smallest absolute Gasteiger partial charge is 0.343 e. The van der Waals surface area contributed by atoms with Gasteiger partial charge in [-0.05, 0) is 48.4 Å². The van der Waals surface area contributed by atoms with E-state index in [1.807, 2.05) is 25.1 Å². The van der Waals surface area contributed by atoms with Crippen LogP contribution in [0.25, 0.3) is 11.6 Å².